The Morgan fingerprint density at radius 2 is 1.72 bits per heavy atom. The molecule has 4 rings (SSSR count). The summed E-state index contributed by atoms with van der Waals surface area (Å²) in [6.45, 7) is 3.19. The predicted molar refractivity (Wildman–Crippen MR) is 115 cm³/mol. The molecule has 29 heavy (non-hydrogen) atoms. The fraction of sp³-hybridized carbons (Fsp3) is 0.304. The predicted octanol–water partition coefficient (Wildman–Crippen LogP) is 4.67. The van der Waals surface area contributed by atoms with E-state index in [4.69, 9.17) is 16.1 Å². The zero-order valence-corrected chi connectivity index (χ0v) is 17.0. The van der Waals surface area contributed by atoms with Crippen LogP contribution in [0.2, 0.25) is 5.02 Å². The van der Waals surface area contributed by atoms with Crippen LogP contribution in [0.25, 0.3) is 11.3 Å². The number of aromatic nitrogens is 1. The van der Waals surface area contributed by atoms with E-state index < -0.39 is 0 Å². The maximum atomic E-state index is 12.5. The molecule has 1 aliphatic heterocycles. The average Bonchev–Trinajstić information content (AvgIpc) is 3.24. The number of benzene rings is 2. The highest BCUT2D eigenvalue weighted by Gasteiger charge is 2.21. The molecule has 0 unspecified atom stereocenters. The van der Waals surface area contributed by atoms with Crippen LogP contribution in [-0.2, 0) is 11.2 Å². The van der Waals surface area contributed by atoms with Crippen molar-refractivity contribution in [1.29, 1.82) is 0 Å². The molecule has 1 saturated heterocycles. The Labute approximate surface area is 175 Å². The summed E-state index contributed by atoms with van der Waals surface area (Å²) in [5.41, 5.74) is 3.03. The van der Waals surface area contributed by atoms with E-state index in [1.807, 2.05) is 65.6 Å². The van der Waals surface area contributed by atoms with Crippen molar-refractivity contribution in [1.82, 2.24) is 10.1 Å². The Bertz CT molecular complexity index is 932. The number of carbonyl (C=O) groups is 1. The van der Waals surface area contributed by atoms with Crippen molar-refractivity contribution >= 4 is 23.2 Å². The molecule has 3 aromatic rings. The summed E-state index contributed by atoms with van der Waals surface area (Å²) in [6.07, 6.45) is 2.01. The Hall–Kier alpha value is -2.79. The van der Waals surface area contributed by atoms with Gasteiger partial charge in [-0.05, 0) is 30.7 Å². The molecule has 150 valence electrons. The van der Waals surface area contributed by atoms with Gasteiger partial charge in [-0.25, -0.2) is 0 Å². The van der Waals surface area contributed by atoms with E-state index in [-0.39, 0.29) is 5.91 Å². The van der Waals surface area contributed by atoms with Gasteiger partial charge in [0.25, 0.3) is 0 Å². The molecule has 0 aliphatic carbocycles. The second-order valence-electron chi connectivity index (χ2n) is 7.24. The highest BCUT2D eigenvalue weighted by Crippen LogP contribution is 2.21. The summed E-state index contributed by atoms with van der Waals surface area (Å²) >= 11 is 5.96. The van der Waals surface area contributed by atoms with Crippen LogP contribution >= 0.6 is 11.6 Å². The summed E-state index contributed by atoms with van der Waals surface area (Å²) < 4.78 is 5.43. The van der Waals surface area contributed by atoms with Crippen molar-refractivity contribution in [2.75, 3.05) is 31.1 Å². The van der Waals surface area contributed by atoms with E-state index in [9.17, 15) is 4.79 Å². The van der Waals surface area contributed by atoms with Gasteiger partial charge in [-0.1, -0.05) is 47.1 Å². The fourth-order valence-corrected chi connectivity index (χ4v) is 3.74. The third kappa shape index (κ3) is 4.98. The number of carbonyl (C=O) groups excluding carboxylic acids is 1. The lowest BCUT2D eigenvalue weighted by Crippen LogP contribution is -2.48. The maximum Gasteiger partial charge on any atom is 0.222 e. The molecule has 1 fully saturated rings. The van der Waals surface area contributed by atoms with Crippen molar-refractivity contribution in [3.63, 3.8) is 0 Å². The number of hydrogen-bond donors (Lipinski definition) is 0. The first-order valence-corrected chi connectivity index (χ1v) is 10.4. The molecule has 0 saturated carbocycles. The van der Waals surface area contributed by atoms with Gasteiger partial charge in [0.05, 0.1) is 0 Å². The van der Waals surface area contributed by atoms with Crippen LogP contribution in [0.15, 0.2) is 65.2 Å². The van der Waals surface area contributed by atoms with Crippen LogP contribution in [0.5, 0.6) is 0 Å². The topological polar surface area (TPSA) is 49.6 Å². The van der Waals surface area contributed by atoms with Crippen LogP contribution in [0.1, 0.15) is 18.6 Å². The van der Waals surface area contributed by atoms with Crippen LogP contribution in [0.3, 0.4) is 0 Å². The average molecular weight is 410 g/mol. The minimum atomic E-state index is 0.212. The van der Waals surface area contributed by atoms with Gasteiger partial charge in [0.2, 0.25) is 5.91 Å². The number of halogens is 1. The second kappa shape index (κ2) is 9.14. The summed E-state index contributed by atoms with van der Waals surface area (Å²) in [4.78, 5) is 16.8. The minimum absolute atomic E-state index is 0.212. The lowest BCUT2D eigenvalue weighted by atomic mass is 10.1. The van der Waals surface area contributed by atoms with Gasteiger partial charge >= 0.3 is 0 Å². The van der Waals surface area contributed by atoms with Crippen LogP contribution < -0.4 is 4.90 Å². The van der Waals surface area contributed by atoms with Gasteiger partial charge in [-0.2, -0.15) is 0 Å². The number of amides is 1. The molecule has 1 amide bonds. The molecule has 0 bridgehead atoms. The molecule has 0 spiro atoms. The summed E-state index contributed by atoms with van der Waals surface area (Å²) in [5.74, 6) is 1.03. The zero-order valence-electron chi connectivity index (χ0n) is 16.3. The smallest absolute Gasteiger partial charge is 0.222 e. The largest absolute Gasteiger partial charge is 0.368 e. The number of nitrogens with zero attached hydrogens (tertiary/aromatic N) is 3. The third-order valence-electron chi connectivity index (χ3n) is 5.27. The second-order valence-corrected chi connectivity index (χ2v) is 7.68. The Morgan fingerprint density at radius 3 is 2.45 bits per heavy atom. The van der Waals surface area contributed by atoms with E-state index in [2.05, 4.69) is 10.1 Å². The number of anilines is 1. The Morgan fingerprint density at radius 1 is 1.00 bits per heavy atom. The van der Waals surface area contributed by atoms with Crippen LogP contribution in [0, 0.1) is 0 Å². The molecule has 0 atom stereocenters. The quantitative estimate of drug-likeness (QED) is 0.593. The maximum absolute atomic E-state index is 12.5. The summed E-state index contributed by atoms with van der Waals surface area (Å²) in [7, 11) is 0. The molecule has 1 aromatic heterocycles. The first-order valence-electron chi connectivity index (χ1n) is 9.98. The van der Waals surface area contributed by atoms with Gasteiger partial charge < -0.3 is 14.3 Å². The first kappa shape index (κ1) is 19.5. The number of aryl methyl sites for hydroxylation is 1. The molecule has 2 aromatic carbocycles. The normalized spacial score (nSPS) is 14.2. The molecule has 1 aliphatic rings. The SMILES string of the molecule is O=C(CCCc1cc(-c2ccccc2)no1)N1CCN(c2ccc(Cl)cc2)CC1. The molecular weight excluding hydrogens is 386 g/mol. The van der Waals surface area contributed by atoms with Crippen molar-refractivity contribution in [3.8, 4) is 11.3 Å². The first-order chi connectivity index (χ1) is 14.2. The van der Waals surface area contributed by atoms with E-state index in [0.717, 1.165) is 66.7 Å². The van der Waals surface area contributed by atoms with Gasteiger partial charge in [0.15, 0.2) is 0 Å². The molecule has 2 heterocycles. The number of piperazine rings is 1. The fourth-order valence-electron chi connectivity index (χ4n) is 3.61. The minimum Gasteiger partial charge on any atom is -0.368 e. The van der Waals surface area contributed by atoms with E-state index in [1.54, 1.807) is 0 Å². The lowest BCUT2D eigenvalue weighted by Gasteiger charge is -2.36. The summed E-state index contributed by atoms with van der Waals surface area (Å²) in [6, 6.07) is 19.8. The number of hydrogen-bond acceptors (Lipinski definition) is 4. The Balaban J connectivity index is 1.22. The van der Waals surface area contributed by atoms with Gasteiger partial charge in [-0.3, -0.25) is 4.79 Å². The number of rotatable bonds is 6. The van der Waals surface area contributed by atoms with Gasteiger partial charge in [0.1, 0.15) is 11.5 Å². The van der Waals surface area contributed by atoms with Crippen molar-refractivity contribution in [3.05, 3.63) is 71.4 Å². The van der Waals surface area contributed by atoms with Crippen molar-refractivity contribution in [2.24, 2.45) is 0 Å². The lowest BCUT2D eigenvalue weighted by molar-refractivity contribution is -0.131. The monoisotopic (exact) mass is 409 g/mol. The molecule has 0 radical (unpaired) electrons. The summed E-state index contributed by atoms with van der Waals surface area (Å²) in [5, 5.41) is 4.87. The Kier molecular flexibility index (Phi) is 6.15. The standard InChI is InChI=1S/C23H24ClN3O2/c24-19-9-11-20(12-10-19)26-13-15-27(16-14-26)23(28)8-4-7-21-17-22(25-29-21)18-5-2-1-3-6-18/h1-3,5-6,9-12,17H,4,7-8,13-16H2. The van der Waals surface area contributed by atoms with Crippen molar-refractivity contribution < 1.29 is 9.32 Å². The molecule has 0 N–H and O–H groups in total. The molecule has 5 nitrogen and oxygen atoms in total. The highest BCUT2D eigenvalue weighted by molar-refractivity contribution is 6.30. The molecule has 6 heteroatoms. The third-order valence-corrected chi connectivity index (χ3v) is 5.52. The van der Waals surface area contributed by atoms with Gasteiger partial charge in [-0.15, -0.1) is 0 Å². The van der Waals surface area contributed by atoms with Crippen molar-refractivity contribution in [2.45, 2.75) is 19.3 Å². The van der Waals surface area contributed by atoms with E-state index in [1.165, 1.54) is 0 Å². The van der Waals surface area contributed by atoms with E-state index in [0.29, 0.717) is 6.42 Å². The van der Waals surface area contributed by atoms with Gasteiger partial charge in [0, 0.05) is 61.4 Å². The van der Waals surface area contributed by atoms with Crippen LogP contribution in [-0.4, -0.2) is 42.1 Å². The van der Waals surface area contributed by atoms with E-state index >= 15 is 0 Å². The highest BCUT2D eigenvalue weighted by atomic mass is 35.5. The zero-order chi connectivity index (χ0) is 20.1. The van der Waals surface area contributed by atoms with Crippen LogP contribution in [0.4, 0.5) is 5.69 Å². The molecular formula is C23H24ClN3O2.